The van der Waals surface area contributed by atoms with Gasteiger partial charge in [-0.3, -0.25) is 14.6 Å². The molecule has 1 aliphatic heterocycles. The zero-order valence-corrected chi connectivity index (χ0v) is 19.3. The summed E-state index contributed by atoms with van der Waals surface area (Å²) in [5.74, 6) is 2.32. The predicted octanol–water partition coefficient (Wildman–Crippen LogP) is 5.02. The highest BCUT2D eigenvalue weighted by Crippen LogP contribution is 2.66. The van der Waals surface area contributed by atoms with Gasteiger partial charge in [-0.2, -0.15) is 0 Å². The van der Waals surface area contributed by atoms with Crippen LogP contribution in [-0.4, -0.2) is 28.7 Å². The molecule has 5 nitrogen and oxygen atoms in total. The van der Waals surface area contributed by atoms with E-state index in [2.05, 4.69) is 31.1 Å². The standard InChI is InChI=1S/C26H35N3O2/c1-16-15-18-19-5-6-21(24(31)28-17-9-13-27-14-10-17)25(19,2)11-7-20(18)26(3)12-8-22(30)29(4)23(16)26/h9-10,13-14,18-21H,5-8,11-12,15H2,1-4H3,(H,27,28,31)/t18-,19-,20-,21+,25-,26+/m0/s1. The average molecular weight is 422 g/mol. The largest absolute Gasteiger partial charge is 0.326 e. The molecular formula is C26H35N3O2. The molecule has 1 aromatic heterocycles. The van der Waals surface area contributed by atoms with Crippen LogP contribution in [0.5, 0.6) is 0 Å². The molecule has 5 heteroatoms. The third-order valence-corrected chi connectivity index (χ3v) is 9.57. The number of anilines is 1. The zero-order chi connectivity index (χ0) is 22.0. The molecule has 1 aromatic rings. The van der Waals surface area contributed by atoms with Gasteiger partial charge in [-0.25, -0.2) is 0 Å². The van der Waals surface area contributed by atoms with Crippen molar-refractivity contribution in [2.45, 2.75) is 65.7 Å². The number of allylic oxidation sites excluding steroid dienone is 2. The van der Waals surface area contributed by atoms with Gasteiger partial charge in [0.15, 0.2) is 0 Å². The number of nitrogens with one attached hydrogen (secondary N) is 1. The van der Waals surface area contributed by atoms with Crippen molar-refractivity contribution in [3.63, 3.8) is 0 Å². The Labute approximate surface area is 185 Å². The molecule has 31 heavy (non-hydrogen) atoms. The summed E-state index contributed by atoms with van der Waals surface area (Å²) in [6.45, 7) is 7.04. The van der Waals surface area contributed by atoms with Crippen molar-refractivity contribution in [2.75, 3.05) is 12.4 Å². The van der Waals surface area contributed by atoms with Gasteiger partial charge >= 0.3 is 0 Å². The van der Waals surface area contributed by atoms with E-state index in [-0.39, 0.29) is 28.6 Å². The van der Waals surface area contributed by atoms with E-state index in [9.17, 15) is 9.59 Å². The number of amides is 2. The minimum absolute atomic E-state index is 0.0583. The molecule has 2 heterocycles. The number of pyridine rings is 1. The van der Waals surface area contributed by atoms with Gasteiger partial charge in [-0.1, -0.05) is 19.4 Å². The minimum Gasteiger partial charge on any atom is -0.326 e. The van der Waals surface area contributed by atoms with Crippen LogP contribution in [0.25, 0.3) is 0 Å². The van der Waals surface area contributed by atoms with E-state index in [1.807, 2.05) is 24.1 Å². The Hall–Kier alpha value is -2.17. The fourth-order valence-electron chi connectivity index (χ4n) is 8.20. The maximum absolute atomic E-state index is 13.3. The van der Waals surface area contributed by atoms with Crippen molar-refractivity contribution in [1.29, 1.82) is 0 Å². The summed E-state index contributed by atoms with van der Waals surface area (Å²) in [7, 11) is 1.97. The number of likely N-dealkylation sites (tertiary alicyclic amines) is 1. The monoisotopic (exact) mass is 421 g/mol. The van der Waals surface area contributed by atoms with Crippen molar-refractivity contribution in [3.05, 3.63) is 35.8 Å². The maximum atomic E-state index is 13.3. The molecule has 2 saturated carbocycles. The molecule has 0 bridgehead atoms. The Morgan fingerprint density at radius 2 is 1.87 bits per heavy atom. The Morgan fingerprint density at radius 3 is 2.61 bits per heavy atom. The molecule has 0 radical (unpaired) electrons. The summed E-state index contributed by atoms with van der Waals surface area (Å²) < 4.78 is 0. The number of rotatable bonds is 2. The highest BCUT2D eigenvalue weighted by Gasteiger charge is 2.61. The van der Waals surface area contributed by atoms with Crippen LogP contribution in [0.2, 0.25) is 0 Å². The average Bonchev–Trinajstić information content (AvgIpc) is 3.09. The van der Waals surface area contributed by atoms with Gasteiger partial charge in [0.05, 0.1) is 0 Å². The first-order valence-corrected chi connectivity index (χ1v) is 11.9. The van der Waals surface area contributed by atoms with E-state index in [1.165, 1.54) is 11.3 Å². The number of carbonyl (C=O) groups is 2. The molecule has 5 rings (SSSR count). The van der Waals surface area contributed by atoms with Crippen molar-refractivity contribution in [3.8, 4) is 0 Å². The molecule has 3 fully saturated rings. The number of aromatic nitrogens is 1. The van der Waals surface area contributed by atoms with E-state index in [4.69, 9.17) is 0 Å². The molecule has 0 aromatic carbocycles. The van der Waals surface area contributed by atoms with Crippen molar-refractivity contribution in [1.82, 2.24) is 9.88 Å². The molecule has 6 atom stereocenters. The van der Waals surface area contributed by atoms with Crippen LogP contribution in [0.4, 0.5) is 5.69 Å². The minimum atomic E-state index is 0.0583. The molecule has 3 aliphatic carbocycles. The fraction of sp³-hybridized carbons (Fsp3) is 0.654. The SMILES string of the molecule is CC1=C2N(C)C(=O)CC[C@]2(C)[C@H]2CC[C@]3(C)[C@@H](C(=O)Nc4ccncc4)CC[C@H]3[C@@H]2C1. The summed E-state index contributed by atoms with van der Waals surface area (Å²) in [6, 6.07) is 3.73. The quantitative estimate of drug-likeness (QED) is 0.730. The smallest absolute Gasteiger partial charge is 0.228 e. The van der Waals surface area contributed by atoms with Gasteiger partial charge in [0.1, 0.15) is 0 Å². The van der Waals surface area contributed by atoms with Gasteiger partial charge in [-0.05, 0) is 80.8 Å². The highest BCUT2D eigenvalue weighted by atomic mass is 16.2. The van der Waals surface area contributed by atoms with Crippen LogP contribution < -0.4 is 5.32 Å². The topological polar surface area (TPSA) is 62.3 Å². The Morgan fingerprint density at radius 1 is 1.13 bits per heavy atom. The lowest BCUT2D eigenvalue weighted by Gasteiger charge is -2.59. The van der Waals surface area contributed by atoms with Gasteiger partial charge in [0.2, 0.25) is 11.8 Å². The van der Waals surface area contributed by atoms with Crippen molar-refractivity contribution < 1.29 is 9.59 Å². The van der Waals surface area contributed by atoms with Crippen LogP contribution in [0.1, 0.15) is 65.7 Å². The van der Waals surface area contributed by atoms with Gasteiger partial charge in [0.25, 0.3) is 0 Å². The lowest BCUT2D eigenvalue weighted by Crippen LogP contribution is -2.54. The third-order valence-electron chi connectivity index (χ3n) is 9.57. The molecule has 0 spiro atoms. The third kappa shape index (κ3) is 2.99. The summed E-state index contributed by atoms with van der Waals surface area (Å²) in [4.78, 5) is 31.7. The van der Waals surface area contributed by atoms with Crippen LogP contribution in [0, 0.1) is 34.5 Å². The number of piperidine rings is 1. The molecule has 1 saturated heterocycles. The van der Waals surface area contributed by atoms with Crippen LogP contribution in [-0.2, 0) is 9.59 Å². The van der Waals surface area contributed by atoms with E-state index in [1.54, 1.807) is 12.4 Å². The lowest BCUT2D eigenvalue weighted by atomic mass is 9.48. The van der Waals surface area contributed by atoms with Gasteiger partial charge in [-0.15, -0.1) is 0 Å². The van der Waals surface area contributed by atoms with E-state index in [0.717, 1.165) is 44.2 Å². The normalized spacial score (nSPS) is 39.6. The summed E-state index contributed by atoms with van der Waals surface area (Å²) in [6.07, 6.45) is 10.5. The number of hydrogen-bond donors (Lipinski definition) is 1. The van der Waals surface area contributed by atoms with E-state index >= 15 is 0 Å². The second kappa shape index (κ2) is 7.18. The van der Waals surface area contributed by atoms with Crippen molar-refractivity contribution in [2.24, 2.45) is 34.5 Å². The Balaban J connectivity index is 1.43. The highest BCUT2D eigenvalue weighted by molar-refractivity contribution is 5.93. The molecule has 1 N–H and O–H groups in total. The Bertz CT molecular complexity index is 941. The van der Waals surface area contributed by atoms with Crippen LogP contribution in [0.3, 0.4) is 0 Å². The zero-order valence-electron chi connectivity index (χ0n) is 19.3. The molecular weight excluding hydrogens is 386 g/mol. The lowest BCUT2D eigenvalue weighted by molar-refractivity contribution is -0.137. The van der Waals surface area contributed by atoms with Gasteiger partial charge in [0, 0.05) is 48.6 Å². The molecule has 0 unspecified atom stereocenters. The summed E-state index contributed by atoms with van der Waals surface area (Å²) in [5.41, 5.74) is 3.69. The first-order chi connectivity index (χ1) is 14.8. The second-order valence-electron chi connectivity index (χ2n) is 11.0. The second-order valence-corrected chi connectivity index (χ2v) is 11.0. The fourth-order valence-corrected chi connectivity index (χ4v) is 8.20. The van der Waals surface area contributed by atoms with Gasteiger partial charge < -0.3 is 10.2 Å². The number of nitrogens with zero attached hydrogens (tertiary/aromatic N) is 2. The number of fused-ring (bicyclic) bond motifs is 5. The van der Waals surface area contributed by atoms with Crippen molar-refractivity contribution >= 4 is 17.5 Å². The molecule has 4 aliphatic rings. The summed E-state index contributed by atoms with van der Waals surface area (Å²) >= 11 is 0. The first kappa shape index (κ1) is 20.7. The Kier molecular flexibility index (Phi) is 4.80. The van der Waals surface area contributed by atoms with Crippen LogP contribution in [0.15, 0.2) is 35.8 Å². The number of carbonyl (C=O) groups excluding carboxylic acids is 2. The van der Waals surface area contributed by atoms with E-state index in [0.29, 0.717) is 24.2 Å². The summed E-state index contributed by atoms with van der Waals surface area (Å²) in [5, 5.41) is 3.15. The molecule has 166 valence electrons. The molecule has 2 amide bonds. The maximum Gasteiger partial charge on any atom is 0.228 e. The number of hydrogen-bond acceptors (Lipinski definition) is 3. The first-order valence-electron chi connectivity index (χ1n) is 11.9. The van der Waals surface area contributed by atoms with E-state index < -0.39 is 0 Å². The van der Waals surface area contributed by atoms with Crippen LogP contribution >= 0.6 is 0 Å². The predicted molar refractivity (Wildman–Crippen MR) is 121 cm³/mol.